The number of nitroso groups, excluding NO2 is 1. The molecule has 0 spiro atoms. The third-order valence-corrected chi connectivity index (χ3v) is 10.2. The Morgan fingerprint density at radius 3 is 2.52 bits per heavy atom. The molecule has 3 aliphatic carbocycles. The number of rotatable bonds is 5. The van der Waals surface area contributed by atoms with E-state index in [1.54, 1.807) is 0 Å². The highest BCUT2D eigenvalue weighted by molar-refractivity contribution is 7.89. The molecule has 0 aromatic heterocycles. The van der Waals surface area contributed by atoms with Crippen LogP contribution in [0.25, 0.3) is 0 Å². The summed E-state index contributed by atoms with van der Waals surface area (Å²) in [6.07, 6.45) is 11.3. The smallest absolute Gasteiger partial charge is 0.223 e. The number of carbonyl (C=O) groups is 1. The highest BCUT2D eigenvalue weighted by Gasteiger charge is 2.46. The van der Waals surface area contributed by atoms with Gasteiger partial charge in [-0.3, -0.25) is 4.79 Å². The van der Waals surface area contributed by atoms with Crippen molar-refractivity contribution >= 4 is 15.9 Å². The van der Waals surface area contributed by atoms with Crippen LogP contribution in [-0.2, 0) is 14.8 Å². The molecular formula is C21H35N3O4S. The molecule has 1 N–H and O–H groups in total. The largest absolute Gasteiger partial charge is 0.353 e. The van der Waals surface area contributed by atoms with E-state index in [0.717, 1.165) is 57.8 Å². The van der Waals surface area contributed by atoms with Crippen LogP contribution in [0.2, 0.25) is 0 Å². The SMILES string of the molecule is O=NC1CCCC(NC(=O)C2CCCC(S(=O)(=O)N3CCC4CCCCC43)C2)C1. The van der Waals surface area contributed by atoms with Crippen LogP contribution in [0.5, 0.6) is 0 Å². The molecule has 1 aliphatic heterocycles. The lowest BCUT2D eigenvalue weighted by molar-refractivity contribution is -0.126. The Balaban J connectivity index is 1.37. The molecule has 4 aliphatic rings. The van der Waals surface area contributed by atoms with Crippen LogP contribution >= 0.6 is 0 Å². The second kappa shape index (κ2) is 9.00. The fourth-order valence-electron chi connectivity index (χ4n) is 6.23. The topological polar surface area (TPSA) is 95.9 Å². The van der Waals surface area contributed by atoms with Gasteiger partial charge in [-0.1, -0.05) is 24.4 Å². The van der Waals surface area contributed by atoms with Gasteiger partial charge < -0.3 is 5.32 Å². The van der Waals surface area contributed by atoms with Gasteiger partial charge in [-0.2, -0.15) is 9.21 Å². The normalized spacial score (nSPS) is 38.9. The number of fused-ring (bicyclic) bond motifs is 1. The van der Waals surface area contributed by atoms with Gasteiger partial charge in [0.1, 0.15) is 0 Å². The van der Waals surface area contributed by atoms with Crippen molar-refractivity contribution in [3.05, 3.63) is 4.91 Å². The van der Waals surface area contributed by atoms with Crippen molar-refractivity contribution in [1.82, 2.24) is 9.62 Å². The summed E-state index contributed by atoms with van der Waals surface area (Å²) >= 11 is 0. The Morgan fingerprint density at radius 2 is 1.69 bits per heavy atom. The number of hydrogen-bond acceptors (Lipinski definition) is 5. The second-order valence-corrected chi connectivity index (χ2v) is 11.8. The van der Waals surface area contributed by atoms with E-state index in [1.807, 2.05) is 4.31 Å². The van der Waals surface area contributed by atoms with E-state index in [4.69, 9.17) is 0 Å². The van der Waals surface area contributed by atoms with Crippen molar-refractivity contribution in [3.8, 4) is 0 Å². The highest BCUT2D eigenvalue weighted by atomic mass is 32.2. The molecule has 6 atom stereocenters. The average molecular weight is 426 g/mol. The van der Waals surface area contributed by atoms with Gasteiger partial charge in [-0.15, -0.1) is 0 Å². The van der Waals surface area contributed by atoms with Crippen molar-refractivity contribution in [3.63, 3.8) is 0 Å². The van der Waals surface area contributed by atoms with E-state index in [-0.39, 0.29) is 30.0 Å². The van der Waals surface area contributed by atoms with Gasteiger partial charge in [0, 0.05) is 24.5 Å². The van der Waals surface area contributed by atoms with E-state index in [1.165, 1.54) is 6.42 Å². The molecule has 6 unspecified atom stereocenters. The number of nitrogens with one attached hydrogen (secondary N) is 1. The summed E-state index contributed by atoms with van der Waals surface area (Å²) in [7, 11) is -3.35. The van der Waals surface area contributed by atoms with Crippen LogP contribution in [0.3, 0.4) is 0 Å². The Morgan fingerprint density at radius 1 is 0.897 bits per heavy atom. The van der Waals surface area contributed by atoms with Gasteiger partial charge in [0.15, 0.2) is 0 Å². The molecule has 4 rings (SSSR count). The van der Waals surface area contributed by atoms with Crippen molar-refractivity contribution in [2.75, 3.05) is 6.54 Å². The fraction of sp³-hybridized carbons (Fsp3) is 0.952. The molecule has 3 saturated carbocycles. The number of amides is 1. The summed E-state index contributed by atoms with van der Waals surface area (Å²) < 4.78 is 28.7. The summed E-state index contributed by atoms with van der Waals surface area (Å²) in [5.74, 6) is 0.267. The molecule has 0 aromatic carbocycles. The van der Waals surface area contributed by atoms with Crippen LogP contribution in [-0.4, -0.2) is 48.6 Å². The molecule has 0 bridgehead atoms. The minimum absolute atomic E-state index is 0.00230. The number of nitrogens with zero attached hydrogens (tertiary/aromatic N) is 2. The van der Waals surface area contributed by atoms with Gasteiger partial charge in [0.05, 0.1) is 11.3 Å². The number of sulfonamides is 1. The van der Waals surface area contributed by atoms with E-state index in [9.17, 15) is 18.1 Å². The maximum absolute atomic E-state index is 13.4. The Hall–Kier alpha value is -1.02. The molecule has 29 heavy (non-hydrogen) atoms. The predicted molar refractivity (Wildman–Crippen MR) is 112 cm³/mol. The third-order valence-electron chi connectivity index (χ3n) is 7.85. The van der Waals surface area contributed by atoms with Crippen LogP contribution in [0.4, 0.5) is 0 Å². The lowest BCUT2D eigenvalue weighted by Gasteiger charge is -2.36. The van der Waals surface area contributed by atoms with Crippen LogP contribution in [0.1, 0.15) is 83.5 Å². The van der Waals surface area contributed by atoms with E-state index in [0.29, 0.717) is 31.7 Å². The Kier molecular flexibility index (Phi) is 6.59. The van der Waals surface area contributed by atoms with Crippen molar-refractivity contribution < 1.29 is 13.2 Å². The predicted octanol–water partition coefficient (Wildman–Crippen LogP) is 3.33. The molecule has 0 radical (unpaired) electrons. The van der Waals surface area contributed by atoms with Crippen LogP contribution in [0, 0.1) is 16.7 Å². The standard InChI is InChI=1S/C21H35N3O4S/c25-21(22-17-7-4-8-18(14-17)23-26)16-6-3-9-19(13-16)29(27,28)24-12-11-15-5-1-2-10-20(15)24/h15-20H,1-14H2,(H,22,25). The van der Waals surface area contributed by atoms with Gasteiger partial charge in [0.2, 0.25) is 15.9 Å². The minimum atomic E-state index is -3.35. The molecule has 7 nitrogen and oxygen atoms in total. The molecule has 1 amide bonds. The van der Waals surface area contributed by atoms with Gasteiger partial charge in [-0.05, 0) is 70.1 Å². The van der Waals surface area contributed by atoms with Gasteiger partial charge >= 0.3 is 0 Å². The lowest BCUT2D eigenvalue weighted by atomic mass is 9.86. The monoisotopic (exact) mass is 425 g/mol. The van der Waals surface area contributed by atoms with E-state index < -0.39 is 15.3 Å². The molecule has 1 heterocycles. The summed E-state index contributed by atoms with van der Waals surface area (Å²) in [6, 6.07) is -0.0115. The van der Waals surface area contributed by atoms with E-state index >= 15 is 0 Å². The summed E-state index contributed by atoms with van der Waals surface area (Å²) in [5, 5.41) is 5.82. The molecule has 1 saturated heterocycles. The number of hydrogen-bond donors (Lipinski definition) is 1. The molecule has 4 fully saturated rings. The van der Waals surface area contributed by atoms with Crippen molar-refractivity contribution in [1.29, 1.82) is 0 Å². The minimum Gasteiger partial charge on any atom is -0.353 e. The molecule has 8 heteroatoms. The summed E-state index contributed by atoms with van der Waals surface area (Å²) in [4.78, 5) is 23.7. The van der Waals surface area contributed by atoms with Crippen LogP contribution in [0.15, 0.2) is 5.18 Å². The van der Waals surface area contributed by atoms with Crippen molar-refractivity contribution in [2.45, 2.75) is 107 Å². The quantitative estimate of drug-likeness (QED) is 0.683. The first kappa shape index (κ1) is 21.2. The first-order chi connectivity index (χ1) is 14.0. The average Bonchev–Trinajstić information content (AvgIpc) is 3.19. The van der Waals surface area contributed by atoms with Gasteiger partial charge in [0.25, 0.3) is 0 Å². The first-order valence-electron chi connectivity index (χ1n) is 11.6. The third kappa shape index (κ3) is 4.53. The number of carbonyl (C=O) groups excluding carboxylic acids is 1. The van der Waals surface area contributed by atoms with E-state index in [2.05, 4.69) is 10.5 Å². The lowest BCUT2D eigenvalue weighted by Crippen LogP contribution is -2.48. The summed E-state index contributed by atoms with van der Waals surface area (Å²) in [6.45, 7) is 0.660. The first-order valence-corrected chi connectivity index (χ1v) is 13.1. The molecular weight excluding hydrogens is 390 g/mol. The highest BCUT2D eigenvalue weighted by Crippen LogP contribution is 2.40. The van der Waals surface area contributed by atoms with Crippen molar-refractivity contribution in [2.24, 2.45) is 17.0 Å². The molecule has 0 aromatic rings. The molecule has 164 valence electrons. The maximum Gasteiger partial charge on any atom is 0.223 e. The zero-order chi connectivity index (χ0) is 20.4. The second-order valence-electron chi connectivity index (χ2n) is 9.67. The summed E-state index contributed by atoms with van der Waals surface area (Å²) in [5.41, 5.74) is 0. The van der Waals surface area contributed by atoms with Crippen LogP contribution < -0.4 is 5.32 Å². The Bertz CT molecular complexity index is 713. The Labute approximate surface area is 174 Å². The zero-order valence-electron chi connectivity index (χ0n) is 17.3. The van der Waals surface area contributed by atoms with Gasteiger partial charge in [-0.25, -0.2) is 8.42 Å². The zero-order valence-corrected chi connectivity index (χ0v) is 18.1. The fourth-order valence-corrected chi connectivity index (χ4v) is 8.57. The maximum atomic E-state index is 13.4.